The van der Waals surface area contributed by atoms with Crippen molar-refractivity contribution in [2.45, 2.75) is 19.5 Å². The van der Waals surface area contributed by atoms with Crippen molar-refractivity contribution in [2.24, 2.45) is 0 Å². The van der Waals surface area contributed by atoms with Gasteiger partial charge in [-0.2, -0.15) is 4.98 Å². The van der Waals surface area contributed by atoms with Crippen LogP contribution in [0, 0.1) is 0 Å². The summed E-state index contributed by atoms with van der Waals surface area (Å²) in [6.07, 6.45) is 1.31. The molecule has 1 amide bonds. The molecule has 11 nitrogen and oxygen atoms in total. The van der Waals surface area contributed by atoms with E-state index in [0.717, 1.165) is 0 Å². The van der Waals surface area contributed by atoms with Gasteiger partial charge in [0.1, 0.15) is 12.6 Å². The number of imidazole rings is 1. The highest BCUT2D eigenvalue weighted by molar-refractivity contribution is 5.88. The number of anilines is 1. The Labute approximate surface area is 142 Å². The van der Waals surface area contributed by atoms with E-state index in [1.807, 2.05) is 0 Å². The second-order valence-electron chi connectivity index (χ2n) is 5.50. The summed E-state index contributed by atoms with van der Waals surface area (Å²) in [6.45, 7) is 1.34. The van der Waals surface area contributed by atoms with Crippen LogP contribution in [0.4, 0.5) is 5.95 Å². The van der Waals surface area contributed by atoms with Crippen LogP contribution >= 0.6 is 0 Å². The average Bonchev–Trinajstić information content (AvgIpc) is 2.94. The van der Waals surface area contributed by atoms with Crippen molar-refractivity contribution in [3.8, 4) is 0 Å². The highest BCUT2D eigenvalue weighted by atomic mass is 16.3. The Morgan fingerprint density at radius 3 is 2.84 bits per heavy atom. The maximum atomic E-state index is 12.7. The first kappa shape index (κ1) is 18.5. The minimum absolute atomic E-state index is 0.0639. The van der Waals surface area contributed by atoms with Gasteiger partial charge in [-0.3, -0.25) is 19.4 Å². The number of carbonyl (C=O) groups excluding carboxylic acids is 2. The molecule has 0 aliphatic carbocycles. The second-order valence-corrected chi connectivity index (χ2v) is 5.50. The zero-order chi connectivity index (χ0) is 18.6. The predicted octanol–water partition coefficient (Wildman–Crippen LogP) is -2.30. The minimum Gasteiger partial charge on any atom is -0.394 e. The SMILES string of the molecule is CNCCN(C(=O)Cn1cnc2c(=O)[nH]c(N)nc21)[C@H](CO)C(C)=O. The first-order valence-corrected chi connectivity index (χ1v) is 7.65. The number of aromatic nitrogens is 4. The van der Waals surface area contributed by atoms with Gasteiger partial charge in [-0.1, -0.05) is 0 Å². The van der Waals surface area contributed by atoms with Crippen LogP contribution in [0.25, 0.3) is 11.2 Å². The van der Waals surface area contributed by atoms with Crippen LogP contribution in [-0.2, 0) is 16.1 Å². The van der Waals surface area contributed by atoms with Gasteiger partial charge >= 0.3 is 0 Å². The molecule has 2 heterocycles. The Morgan fingerprint density at radius 2 is 2.24 bits per heavy atom. The molecule has 1 atom stereocenters. The van der Waals surface area contributed by atoms with Gasteiger partial charge in [-0.15, -0.1) is 0 Å². The molecule has 11 heteroatoms. The highest BCUT2D eigenvalue weighted by Gasteiger charge is 2.27. The fourth-order valence-electron chi connectivity index (χ4n) is 2.46. The van der Waals surface area contributed by atoms with E-state index < -0.39 is 24.1 Å². The number of H-pyrrole nitrogens is 1. The lowest BCUT2D eigenvalue weighted by molar-refractivity contribution is -0.140. The number of carbonyl (C=O) groups is 2. The van der Waals surface area contributed by atoms with Crippen LogP contribution < -0.4 is 16.6 Å². The molecular formula is C14H21N7O4. The molecule has 0 unspecified atom stereocenters. The number of nitrogen functional groups attached to an aromatic ring is 1. The van der Waals surface area contributed by atoms with Gasteiger partial charge in [0.2, 0.25) is 11.9 Å². The van der Waals surface area contributed by atoms with Crippen molar-refractivity contribution in [2.75, 3.05) is 32.5 Å². The fourth-order valence-corrected chi connectivity index (χ4v) is 2.46. The number of aromatic amines is 1. The zero-order valence-electron chi connectivity index (χ0n) is 14.0. The predicted molar refractivity (Wildman–Crippen MR) is 89.8 cm³/mol. The van der Waals surface area contributed by atoms with Crippen molar-refractivity contribution in [3.63, 3.8) is 0 Å². The lowest BCUT2D eigenvalue weighted by Crippen LogP contribution is -2.49. The van der Waals surface area contributed by atoms with Gasteiger partial charge in [-0.25, -0.2) is 4.98 Å². The van der Waals surface area contributed by atoms with Crippen molar-refractivity contribution < 1.29 is 14.7 Å². The monoisotopic (exact) mass is 351 g/mol. The summed E-state index contributed by atoms with van der Waals surface area (Å²) in [7, 11) is 1.72. The number of rotatable bonds is 8. The smallest absolute Gasteiger partial charge is 0.280 e. The molecule has 2 aromatic heterocycles. The lowest BCUT2D eigenvalue weighted by atomic mass is 10.1. The third-order valence-corrected chi connectivity index (χ3v) is 3.74. The Morgan fingerprint density at radius 1 is 1.52 bits per heavy atom. The Balaban J connectivity index is 2.31. The number of Topliss-reactive ketones (excluding diaryl/α,β-unsaturated/α-hetero) is 1. The van der Waals surface area contributed by atoms with Gasteiger partial charge in [-0.05, 0) is 14.0 Å². The number of ketones is 1. The summed E-state index contributed by atoms with van der Waals surface area (Å²) < 4.78 is 1.38. The largest absolute Gasteiger partial charge is 0.394 e. The lowest BCUT2D eigenvalue weighted by Gasteiger charge is -2.29. The molecule has 136 valence electrons. The van der Waals surface area contributed by atoms with Gasteiger partial charge in [0.25, 0.3) is 5.56 Å². The number of likely N-dealkylation sites (N-methyl/N-ethyl adjacent to an activating group) is 1. The number of nitrogens with one attached hydrogen (secondary N) is 2. The number of amides is 1. The summed E-state index contributed by atoms with van der Waals surface area (Å²) in [5, 5.41) is 12.4. The summed E-state index contributed by atoms with van der Waals surface area (Å²) in [5.74, 6) is -0.818. The molecule has 2 aromatic rings. The number of hydrogen-bond donors (Lipinski definition) is 4. The first-order chi connectivity index (χ1) is 11.9. The van der Waals surface area contributed by atoms with Crippen molar-refractivity contribution >= 4 is 28.8 Å². The van der Waals surface area contributed by atoms with E-state index >= 15 is 0 Å². The number of hydrogen-bond acceptors (Lipinski definition) is 8. The molecule has 0 spiro atoms. The van der Waals surface area contributed by atoms with Crippen LogP contribution in [0.1, 0.15) is 6.92 Å². The van der Waals surface area contributed by atoms with E-state index in [1.165, 1.54) is 22.7 Å². The molecule has 0 saturated carbocycles. The molecule has 0 fully saturated rings. The molecular weight excluding hydrogens is 330 g/mol. The molecule has 5 N–H and O–H groups in total. The van der Waals surface area contributed by atoms with Crippen LogP contribution in [0.3, 0.4) is 0 Å². The zero-order valence-corrected chi connectivity index (χ0v) is 14.0. The van der Waals surface area contributed by atoms with E-state index in [0.29, 0.717) is 6.54 Å². The van der Waals surface area contributed by atoms with Crippen LogP contribution in [0.5, 0.6) is 0 Å². The average molecular weight is 351 g/mol. The van der Waals surface area contributed by atoms with E-state index in [1.54, 1.807) is 7.05 Å². The van der Waals surface area contributed by atoms with Crippen LogP contribution in [0.15, 0.2) is 11.1 Å². The summed E-state index contributed by atoms with van der Waals surface area (Å²) >= 11 is 0. The number of fused-ring (bicyclic) bond motifs is 1. The van der Waals surface area contributed by atoms with Gasteiger partial charge in [0, 0.05) is 13.1 Å². The van der Waals surface area contributed by atoms with E-state index in [9.17, 15) is 19.5 Å². The summed E-state index contributed by atoms with van der Waals surface area (Å²) in [6, 6.07) is -0.933. The molecule has 0 radical (unpaired) electrons. The maximum absolute atomic E-state index is 12.7. The Kier molecular flexibility index (Phi) is 5.83. The quantitative estimate of drug-likeness (QED) is 0.413. The molecule has 0 aliphatic rings. The first-order valence-electron chi connectivity index (χ1n) is 7.65. The van der Waals surface area contributed by atoms with Gasteiger partial charge in [0.05, 0.1) is 12.9 Å². The third-order valence-electron chi connectivity index (χ3n) is 3.74. The van der Waals surface area contributed by atoms with Crippen molar-refractivity contribution in [1.29, 1.82) is 0 Å². The van der Waals surface area contributed by atoms with E-state index in [4.69, 9.17) is 5.73 Å². The van der Waals surface area contributed by atoms with Crippen molar-refractivity contribution in [1.82, 2.24) is 29.7 Å². The molecule has 2 rings (SSSR count). The molecule has 0 aliphatic heterocycles. The van der Waals surface area contributed by atoms with Crippen LogP contribution in [0.2, 0.25) is 0 Å². The summed E-state index contributed by atoms with van der Waals surface area (Å²) in [4.78, 5) is 47.7. The van der Waals surface area contributed by atoms with Crippen molar-refractivity contribution in [3.05, 3.63) is 16.7 Å². The Hall–Kier alpha value is -2.79. The maximum Gasteiger partial charge on any atom is 0.280 e. The standard InChI is InChI=1S/C14H21N7O4/c1-8(23)9(6-22)21(4-3-16-2)10(24)5-20-7-17-11-12(20)18-14(15)19-13(11)25/h7,9,16,22H,3-6H2,1-2H3,(H3,15,18,19,25)/t9-/m1/s1. The normalized spacial score (nSPS) is 12.3. The van der Waals surface area contributed by atoms with E-state index in [-0.39, 0.29) is 36.0 Å². The van der Waals surface area contributed by atoms with Crippen LogP contribution in [-0.4, -0.2) is 74.0 Å². The van der Waals surface area contributed by atoms with Gasteiger partial charge in [0.15, 0.2) is 16.9 Å². The number of aliphatic hydroxyl groups is 1. The molecule has 25 heavy (non-hydrogen) atoms. The number of nitrogens with two attached hydrogens (primary N) is 1. The molecule has 0 aromatic carbocycles. The minimum atomic E-state index is -0.933. The van der Waals surface area contributed by atoms with Gasteiger partial charge < -0.3 is 25.6 Å². The topological polar surface area (TPSA) is 159 Å². The molecule has 0 bridgehead atoms. The third kappa shape index (κ3) is 4.00. The Bertz CT molecular complexity index is 828. The second kappa shape index (κ2) is 7.85. The van der Waals surface area contributed by atoms with E-state index in [2.05, 4.69) is 20.3 Å². The summed E-state index contributed by atoms with van der Waals surface area (Å²) in [5.41, 5.74) is 5.26. The number of nitrogens with zero attached hydrogens (tertiary/aromatic N) is 4. The fraction of sp³-hybridized carbons (Fsp3) is 0.500. The molecule has 0 saturated heterocycles. The highest BCUT2D eigenvalue weighted by Crippen LogP contribution is 2.09. The number of aliphatic hydroxyl groups excluding tert-OH is 1.